The van der Waals surface area contributed by atoms with Crippen molar-refractivity contribution in [2.24, 2.45) is 0 Å². The number of rotatable bonds is 5. The van der Waals surface area contributed by atoms with Gasteiger partial charge in [-0.2, -0.15) is 13.2 Å². The molecule has 1 aromatic carbocycles. The second-order valence-electron chi connectivity index (χ2n) is 12.3. The number of fused-ring (bicyclic) bond motifs is 4. The summed E-state index contributed by atoms with van der Waals surface area (Å²) in [5, 5.41) is 7.07. The number of H-pyrrole nitrogens is 1. The molecule has 230 valence electrons. The van der Waals surface area contributed by atoms with Gasteiger partial charge in [0.05, 0.1) is 22.8 Å². The minimum Gasteiger partial charge on any atom is -0.455 e. The van der Waals surface area contributed by atoms with Crippen LogP contribution in [0, 0.1) is 6.92 Å². The quantitative estimate of drug-likeness (QED) is 0.252. The van der Waals surface area contributed by atoms with Crippen LogP contribution in [0.25, 0.3) is 11.0 Å². The van der Waals surface area contributed by atoms with Gasteiger partial charge in [-0.1, -0.05) is 13.0 Å². The number of hydrogen-bond acceptors (Lipinski definition) is 6. The van der Waals surface area contributed by atoms with Crippen LogP contribution in [0.2, 0.25) is 0 Å². The SMILES string of the molecule is Cc1cc2c(Oc3cnc4c(c3)CN(C(=O)Nc3ccc(CN5CC6CCC(C5)N6)c(C(F)(F)F)c3)C[C@H]4C)ccnc2[nH]1. The summed E-state index contributed by atoms with van der Waals surface area (Å²) in [7, 11) is 0. The van der Waals surface area contributed by atoms with Gasteiger partial charge in [-0.05, 0) is 61.2 Å². The molecular formula is C32H34F3N7O2. The first kappa shape index (κ1) is 28.6. The highest BCUT2D eigenvalue weighted by Gasteiger charge is 2.37. The molecule has 3 aromatic heterocycles. The van der Waals surface area contributed by atoms with Crippen molar-refractivity contribution in [3.63, 3.8) is 0 Å². The number of urea groups is 1. The van der Waals surface area contributed by atoms with Crippen LogP contribution in [0.4, 0.5) is 23.7 Å². The van der Waals surface area contributed by atoms with Crippen LogP contribution in [0.3, 0.4) is 0 Å². The first-order valence-electron chi connectivity index (χ1n) is 14.9. The molecule has 3 aliphatic rings. The van der Waals surface area contributed by atoms with Gasteiger partial charge >= 0.3 is 12.2 Å². The maximum Gasteiger partial charge on any atom is 0.416 e. The van der Waals surface area contributed by atoms with Crippen molar-refractivity contribution in [1.82, 2.24) is 30.1 Å². The van der Waals surface area contributed by atoms with Crippen molar-refractivity contribution < 1.29 is 22.7 Å². The molecule has 2 unspecified atom stereocenters. The Morgan fingerprint density at radius 3 is 2.66 bits per heavy atom. The first-order chi connectivity index (χ1) is 21.1. The lowest BCUT2D eigenvalue weighted by atomic mass is 9.96. The van der Waals surface area contributed by atoms with E-state index in [1.165, 1.54) is 6.07 Å². The number of aromatic amines is 1. The Morgan fingerprint density at radius 1 is 1.09 bits per heavy atom. The van der Waals surface area contributed by atoms with E-state index in [1.54, 1.807) is 29.4 Å². The molecule has 2 amide bonds. The van der Waals surface area contributed by atoms with Crippen LogP contribution in [0.15, 0.2) is 48.8 Å². The Hall–Kier alpha value is -4.16. The Bertz CT molecular complexity index is 1710. The molecule has 0 spiro atoms. The molecule has 7 rings (SSSR count). The van der Waals surface area contributed by atoms with Crippen molar-refractivity contribution in [2.75, 3.05) is 25.0 Å². The molecule has 2 saturated heterocycles. The molecule has 9 nitrogen and oxygen atoms in total. The highest BCUT2D eigenvalue weighted by molar-refractivity contribution is 5.89. The van der Waals surface area contributed by atoms with Gasteiger partial charge in [0.2, 0.25) is 0 Å². The summed E-state index contributed by atoms with van der Waals surface area (Å²) in [6, 6.07) is 9.93. The van der Waals surface area contributed by atoms with Crippen LogP contribution in [0.5, 0.6) is 11.5 Å². The largest absolute Gasteiger partial charge is 0.455 e. The fourth-order valence-corrected chi connectivity index (χ4v) is 6.83. The molecule has 3 N–H and O–H groups in total. The molecule has 12 heteroatoms. The van der Waals surface area contributed by atoms with E-state index in [0.29, 0.717) is 30.1 Å². The summed E-state index contributed by atoms with van der Waals surface area (Å²) in [4.78, 5) is 29.2. The third-order valence-corrected chi connectivity index (χ3v) is 8.79. The fraction of sp³-hybridized carbons (Fsp3) is 0.406. The number of carbonyl (C=O) groups excluding carboxylic acids is 1. The number of anilines is 1. The average molecular weight is 606 g/mol. The predicted octanol–water partition coefficient (Wildman–Crippen LogP) is 6.16. The third-order valence-electron chi connectivity index (χ3n) is 8.79. The van der Waals surface area contributed by atoms with Crippen molar-refractivity contribution in [1.29, 1.82) is 0 Å². The summed E-state index contributed by atoms with van der Waals surface area (Å²) in [5.41, 5.74) is 2.99. The van der Waals surface area contributed by atoms with Crippen LogP contribution < -0.4 is 15.4 Å². The summed E-state index contributed by atoms with van der Waals surface area (Å²) in [6.45, 7) is 6.25. The van der Waals surface area contributed by atoms with Crippen LogP contribution in [-0.2, 0) is 19.3 Å². The number of hydrogen-bond donors (Lipinski definition) is 3. The Balaban J connectivity index is 1.06. The van der Waals surface area contributed by atoms with E-state index in [1.807, 2.05) is 26.0 Å². The van der Waals surface area contributed by atoms with E-state index in [4.69, 9.17) is 4.74 Å². The number of aromatic nitrogens is 3. The second kappa shape index (κ2) is 11.1. The number of ether oxygens (including phenoxy) is 1. The average Bonchev–Trinajstić information content (AvgIpc) is 3.53. The summed E-state index contributed by atoms with van der Waals surface area (Å²) >= 11 is 0. The molecule has 0 saturated carbocycles. The summed E-state index contributed by atoms with van der Waals surface area (Å²) in [5.74, 6) is 1.08. The summed E-state index contributed by atoms with van der Waals surface area (Å²) in [6.07, 6.45) is 0.915. The number of likely N-dealkylation sites (tertiary alicyclic amines) is 1. The molecule has 4 aromatic rings. The zero-order chi connectivity index (χ0) is 30.6. The van der Waals surface area contributed by atoms with Crippen molar-refractivity contribution in [3.8, 4) is 11.5 Å². The van der Waals surface area contributed by atoms with Gasteiger partial charge in [0, 0.05) is 68.3 Å². The number of amides is 2. The molecule has 44 heavy (non-hydrogen) atoms. The lowest BCUT2D eigenvalue weighted by Gasteiger charge is -2.33. The minimum atomic E-state index is -4.54. The molecular weight excluding hydrogens is 571 g/mol. The zero-order valence-electron chi connectivity index (χ0n) is 24.5. The maximum atomic E-state index is 14.2. The van der Waals surface area contributed by atoms with Gasteiger partial charge in [0.1, 0.15) is 17.1 Å². The number of pyridine rings is 2. The van der Waals surface area contributed by atoms with E-state index in [9.17, 15) is 18.0 Å². The van der Waals surface area contributed by atoms with E-state index >= 15 is 0 Å². The molecule has 2 fully saturated rings. The van der Waals surface area contributed by atoms with Gasteiger partial charge in [-0.15, -0.1) is 0 Å². The van der Waals surface area contributed by atoms with E-state index in [0.717, 1.165) is 60.0 Å². The lowest BCUT2D eigenvalue weighted by molar-refractivity contribution is -0.138. The van der Waals surface area contributed by atoms with Crippen molar-refractivity contribution in [3.05, 3.63) is 76.9 Å². The topological polar surface area (TPSA) is 98.4 Å². The predicted molar refractivity (Wildman–Crippen MR) is 160 cm³/mol. The van der Waals surface area contributed by atoms with Crippen LogP contribution >= 0.6 is 0 Å². The third kappa shape index (κ3) is 5.71. The lowest BCUT2D eigenvalue weighted by Crippen LogP contribution is -2.50. The van der Waals surface area contributed by atoms with E-state index in [2.05, 4.69) is 30.5 Å². The Morgan fingerprint density at radius 2 is 1.89 bits per heavy atom. The van der Waals surface area contributed by atoms with Gasteiger partial charge in [0.15, 0.2) is 0 Å². The number of carbonyl (C=O) groups is 1. The smallest absolute Gasteiger partial charge is 0.416 e. The number of alkyl halides is 3. The normalized spacial score (nSPS) is 21.8. The number of piperazine rings is 1. The highest BCUT2D eigenvalue weighted by atomic mass is 19.4. The first-order valence-corrected chi connectivity index (χ1v) is 14.9. The number of nitrogens with one attached hydrogen (secondary N) is 3. The van der Waals surface area contributed by atoms with Crippen molar-refractivity contribution >= 4 is 22.8 Å². The Labute approximate surface area is 252 Å². The fourth-order valence-electron chi connectivity index (χ4n) is 6.83. The number of halogens is 3. The highest BCUT2D eigenvalue weighted by Crippen LogP contribution is 2.36. The molecule has 0 aliphatic carbocycles. The standard InChI is InChI=1S/C32H34F3N7O2/c1-18-13-42(15-21-10-25(12-37-29(18)21)44-28-7-8-36-30-26(28)9-19(2)38-30)31(43)40-22-4-3-20(27(11-22)32(33,34)35)14-41-16-23-5-6-24(17-41)39-23/h3-4,7-12,18,23-24,39H,5-6,13-17H2,1-2H3,(H,36,38)(H,40,43)/t18-,23?,24?/m1/s1. The van der Waals surface area contributed by atoms with Crippen LogP contribution in [0.1, 0.15) is 53.8 Å². The number of aryl methyl sites for hydroxylation is 1. The van der Waals surface area contributed by atoms with Crippen LogP contribution in [-0.4, -0.2) is 62.5 Å². The number of nitrogens with zero attached hydrogens (tertiary/aromatic N) is 4. The Kier molecular flexibility index (Phi) is 7.20. The summed E-state index contributed by atoms with van der Waals surface area (Å²) < 4.78 is 48.6. The minimum absolute atomic E-state index is 0.0686. The molecule has 3 atom stereocenters. The molecule has 3 aliphatic heterocycles. The second-order valence-corrected chi connectivity index (χ2v) is 12.3. The molecule has 2 bridgehead atoms. The van der Waals surface area contributed by atoms with Gasteiger partial charge < -0.3 is 25.3 Å². The van der Waals surface area contributed by atoms with E-state index < -0.39 is 17.8 Å². The van der Waals surface area contributed by atoms with Gasteiger partial charge in [0.25, 0.3) is 0 Å². The maximum absolute atomic E-state index is 14.2. The monoisotopic (exact) mass is 605 g/mol. The van der Waals surface area contributed by atoms with E-state index in [-0.39, 0.29) is 30.3 Å². The van der Waals surface area contributed by atoms with Crippen molar-refractivity contribution in [2.45, 2.75) is 64.0 Å². The number of benzene rings is 1. The molecule has 6 heterocycles. The zero-order valence-corrected chi connectivity index (χ0v) is 24.5. The van der Waals surface area contributed by atoms with Gasteiger partial charge in [-0.3, -0.25) is 9.88 Å². The molecule has 0 radical (unpaired) electrons. The van der Waals surface area contributed by atoms with Gasteiger partial charge in [-0.25, -0.2) is 9.78 Å².